The fourth-order valence-corrected chi connectivity index (χ4v) is 2.75. The number of rotatable bonds is 5. The number of guanidine groups is 1. The van der Waals surface area contributed by atoms with Gasteiger partial charge in [-0.15, -0.1) is 0 Å². The highest BCUT2D eigenvalue weighted by Crippen LogP contribution is 2.22. The molecule has 3 heterocycles. The molecule has 0 saturated heterocycles. The molecule has 2 aromatic rings. The summed E-state index contributed by atoms with van der Waals surface area (Å²) in [4.78, 5) is 12.8. The van der Waals surface area contributed by atoms with Crippen molar-refractivity contribution in [3.8, 4) is 6.07 Å². The highest BCUT2D eigenvalue weighted by atomic mass is 79.9. The molecule has 3 rings (SSSR count). The predicted molar refractivity (Wildman–Crippen MR) is 101 cm³/mol. The van der Waals surface area contributed by atoms with Crippen LogP contribution in [0, 0.1) is 11.3 Å². The van der Waals surface area contributed by atoms with Gasteiger partial charge in [0.25, 0.3) is 0 Å². The Balaban J connectivity index is 1.75. The van der Waals surface area contributed by atoms with Gasteiger partial charge in [-0.3, -0.25) is 9.67 Å². The zero-order valence-electron chi connectivity index (χ0n) is 14.1. The number of nitrogens with one attached hydrogen (secondary N) is 2. The maximum atomic E-state index is 9.64. The molecule has 26 heavy (non-hydrogen) atoms. The molecular formula is C17H17BrN8. The number of nitriles is 1. The van der Waals surface area contributed by atoms with Crippen molar-refractivity contribution >= 4 is 27.5 Å². The molecule has 0 aromatic carbocycles. The van der Waals surface area contributed by atoms with E-state index in [2.05, 4.69) is 52.7 Å². The third-order valence-corrected chi connectivity index (χ3v) is 4.12. The van der Waals surface area contributed by atoms with Crippen LogP contribution >= 0.6 is 15.9 Å². The van der Waals surface area contributed by atoms with Gasteiger partial charge in [0, 0.05) is 19.3 Å². The summed E-state index contributed by atoms with van der Waals surface area (Å²) in [5, 5.41) is 20.0. The van der Waals surface area contributed by atoms with Gasteiger partial charge in [0.2, 0.25) is 0 Å². The Morgan fingerprint density at radius 2 is 2.31 bits per heavy atom. The minimum absolute atomic E-state index is 0.469. The molecule has 9 heteroatoms. The third-order valence-electron chi connectivity index (χ3n) is 3.68. The Kier molecular flexibility index (Phi) is 5.76. The zero-order valence-corrected chi connectivity index (χ0v) is 15.7. The van der Waals surface area contributed by atoms with Gasteiger partial charge in [0.1, 0.15) is 28.9 Å². The van der Waals surface area contributed by atoms with Crippen molar-refractivity contribution in [2.75, 3.05) is 6.54 Å². The maximum absolute atomic E-state index is 9.64. The van der Waals surface area contributed by atoms with E-state index in [-0.39, 0.29) is 0 Å². The lowest BCUT2D eigenvalue weighted by Crippen LogP contribution is -2.39. The molecule has 0 fully saturated rings. The van der Waals surface area contributed by atoms with Gasteiger partial charge in [0.15, 0.2) is 5.96 Å². The van der Waals surface area contributed by atoms with Crippen molar-refractivity contribution in [3.05, 3.63) is 58.6 Å². The van der Waals surface area contributed by atoms with E-state index in [9.17, 15) is 5.26 Å². The number of aromatic nitrogens is 4. The summed E-state index contributed by atoms with van der Waals surface area (Å²) in [6.45, 7) is 3.29. The maximum Gasteiger partial charge on any atom is 0.199 e. The molecule has 0 spiro atoms. The normalized spacial score (nSPS) is 17.1. The van der Waals surface area contributed by atoms with Crippen molar-refractivity contribution in [3.63, 3.8) is 0 Å². The molecule has 132 valence electrons. The number of hydrogen-bond donors (Lipinski definition) is 2. The van der Waals surface area contributed by atoms with Crippen LogP contribution in [0.15, 0.2) is 57.9 Å². The van der Waals surface area contributed by atoms with E-state index in [4.69, 9.17) is 0 Å². The van der Waals surface area contributed by atoms with E-state index in [0.717, 1.165) is 18.5 Å². The second-order valence-corrected chi connectivity index (χ2v) is 6.36. The summed E-state index contributed by atoms with van der Waals surface area (Å²) in [7, 11) is 0. The van der Waals surface area contributed by atoms with Gasteiger partial charge < -0.3 is 10.6 Å². The van der Waals surface area contributed by atoms with Crippen molar-refractivity contribution < 1.29 is 0 Å². The molecule has 2 aromatic heterocycles. The highest BCUT2D eigenvalue weighted by molar-refractivity contribution is 9.10. The van der Waals surface area contributed by atoms with Gasteiger partial charge >= 0.3 is 0 Å². The van der Waals surface area contributed by atoms with E-state index >= 15 is 0 Å². The first-order chi connectivity index (χ1) is 12.7. The second-order valence-electron chi connectivity index (χ2n) is 5.55. The predicted octanol–water partition coefficient (Wildman–Crippen LogP) is 2.21. The topological polar surface area (TPSA) is 104 Å². The second kappa shape index (κ2) is 8.40. The lowest BCUT2D eigenvalue weighted by molar-refractivity contribution is 0.583. The highest BCUT2D eigenvalue weighted by Gasteiger charge is 2.17. The van der Waals surface area contributed by atoms with Crippen LogP contribution in [0.3, 0.4) is 0 Å². The minimum atomic E-state index is 0.469. The van der Waals surface area contributed by atoms with Crippen molar-refractivity contribution in [1.82, 2.24) is 30.4 Å². The summed E-state index contributed by atoms with van der Waals surface area (Å²) in [6, 6.07) is 7.73. The van der Waals surface area contributed by atoms with Crippen LogP contribution in [0.1, 0.15) is 19.0 Å². The number of allylic oxidation sites excluding steroid dienone is 2. The van der Waals surface area contributed by atoms with Crippen molar-refractivity contribution in [2.24, 2.45) is 4.99 Å². The standard InChI is InChI=1S/C17H17BrN8/c1-12-9-22-17(21-6-3-7-26-11-20-10-23-26)25-16(12)13(8-19)14-4-2-5-15(18)24-14/h2,4-5,9-11H,3,6-7H2,1H3,(H2,21,22,25). The number of halogens is 1. The van der Waals surface area contributed by atoms with E-state index in [1.807, 2.05) is 31.3 Å². The van der Waals surface area contributed by atoms with Crippen LogP contribution in [0.4, 0.5) is 0 Å². The Morgan fingerprint density at radius 3 is 3.04 bits per heavy atom. The van der Waals surface area contributed by atoms with Crippen LogP contribution in [0.2, 0.25) is 0 Å². The van der Waals surface area contributed by atoms with E-state index < -0.39 is 0 Å². The van der Waals surface area contributed by atoms with Crippen LogP contribution in [0.5, 0.6) is 0 Å². The summed E-state index contributed by atoms with van der Waals surface area (Å²) in [5.41, 5.74) is 2.68. The summed E-state index contributed by atoms with van der Waals surface area (Å²) >= 11 is 3.34. The molecule has 0 bridgehead atoms. The van der Waals surface area contributed by atoms with Gasteiger partial charge in [-0.2, -0.15) is 10.4 Å². The fourth-order valence-electron chi connectivity index (χ4n) is 2.41. The summed E-state index contributed by atoms with van der Waals surface area (Å²) < 4.78 is 2.45. The number of aryl methyl sites for hydroxylation is 1. The van der Waals surface area contributed by atoms with E-state index in [1.54, 1.807) is 11.0 Å². The molecule has 0 unspecified atom stereocenters. The smallest absolute Gasteiger partial charge is 0.199 e. The third kappa shape index (κ3) is 4.34. The van der Waals surface area contributed by atoms with Gasteiger partial charge in [-0.05, 0) is 47.0 Å². The Hall–Kier alpha value is -2.99. The SMILES string of the molecule is CC1=CNC(=NCCCn2cncn2)NC1=C(C#N)c1cccc(Br)n1. The number of nitrogens with zero attached hydrogens (tertiary/aromatic N) is 6. The number of pyridine rings is 1. The van der Waals surface area contributed by atoms with Crippen LogP contribution < -0.4 is 10.6 Å². The van der Waals surface area contributed by atoms with E-state index in [0.29, 0.717) is 34.1 Å². The van der Waals surface area contributed by atoms with Crippen molar-refractivity contribution in [2.45, 2.75) is 19.9 Å². The van der Waals surface area contributed by atoms with E-state index in [1.165, 1.54) is 6.33 Å². The molecule has 1 aliphatic heterocycles. The number of aliphatic imine (C=N–C) groups is 1. The Bertz CT molecular complexity index is 905. The lowest BCUT2D eigenvalue weighted by atomic mass is 10.1. The molecule has 0 aliphatic carbocycles. The molecular weight excluding hydrogens is 396 g/mol. The molecule has 8 nitrogen and oxygen atoms in total. The molecule has 2 N–H and O–H groups in total. The number of hydrogen-bond acceptors (Lipinski definition) is 5. The van der Waals surface area contributed by atoms with Gasteiger partial charge in [-0.25, -0.2) is 9.97 Å². The quantitative estimate of drug-likeness (QED) is 0.443. The van der Waals surface area contributed by atoms with Crippen LogP contribution in [-0.4, -0.2) is 32.3 Å². The monoisotopic (exact) mass is 412 g/mol. The Labute approximate surface area is 159 Å². The minimum Gasteiger partial charge on any atom is -0.332 e. The summed E-state index contributed by atoms with van der Waals surface area (Å²) in [5.74, 6) is 0.604. The van der Waals surface area contributed by atoms with Crippen LogP contribution in [0.25, 0.3) is 5.57 Å². The average molecular weight is 413 g/mol. The molecule has 0 saturated carbocycles. The first kappa shape index (κ1) is 17.8. The van der Waals surface area contributed by atoms with Crippen LogP contribution in [-0.2, 0) is 6.54 Å². The molecule has 1 aliphatic rings. The summed E-state index contributed by atoms with van der Waals surface area (Å²) in [6.07, 6.45) is 5.86. The van der Waals surface area contributed by atoms with Gasteiger partial charge in [-0.1, -0.05) is 6.07 Å². The van der Waals surface area contributed by atoms with Crippen molar-refractivity contribution in [1.29, 1.82) is 5.26 Å². The Morgan fingerprint density at radius 1 is 1.42 bits per heavy atom. The first-order valence-corrected chi connectivity index (χ1v) is 8.81. The zero-order chi connectivity index (χ0) is 18.4. The fraction of sp³-hybridized carbons (Fsp3) is 0.235. The molecule has 0 atom stereocenters. The van der Waals surface area contributed by atoms with Gasteiger partial charge in [0.05, 0.1) is 11.4 Å². The average Bonchev–Trinajstić information content (AvgIpc) is 3.15. The lowest BCUT2D eigenvalue weighted by Gasteiger charge is -2.21. The first-order valence-electron chi connectivity index (χ1n) is 8.02. The molecule has 0 radical (unpaired) electrons. The largest absolute Gasteiger partial charge is 0.332 e. The molecule has 0 amide bonds.